The van der Waals surface area contributed by atoms with Gasteiger partial charge in [0, 0.05) is 26.2 Å². The van der Waals surface area contributed by atoms with E-state index in [9.17, 15) is 4.79 Å². The summed E-state index contributed by atoms with van der Waals surface area (Å²) in [6.45, 7) is 2.23. The maximum Gasteiger partial charge on any atom is 0.220 e. The summed E-state index contributed by atoms with van der Waals surface area (Å²) in [5.74, 6) is 0.837. The number of unbranched alkanes of at least 4 members (excludes halogenated alkanes) is 1. The van der Waals surface area contributed by atoms with Crippen LogP contribution in [0.15, 0.2) is 0 Å². The molecule has 0 aliphatic heterocycles. The molecule has 0 atom stereocenters. The Labute approximate surface area is 91.0 Å². The first-order valence-corrected chi connectivity index (χ1v) is 5.78. The minimum Gasteiger partial charge on any atom is -0.396 e. The second-order valence-corrected chi connectivity index (χ2v) is 4.05. The molecule has 88 valence electrons. The first-order chi connectivity index (χ1) is 7.33. The van der Waals surface area contributed by atoms with Crippen molar-refractivity contribution in [3.05, 3.63) is 0 Å². The molecule has 15 heavy (non-hydrogen) atoms. The average Bonchev–Trinajstić information content (AvgIpc) is 3.02. The highest BCUT2D eigenvalue weighted by molar-refractivity contribution is 5.75. The van der Waals surface area contributed by atoms with Gasteiger partial charge in [0.05, 0.1) is 6.61 Å². The van der Waals surface area contributed by atoms with Gasteiger partial charge >= 0.3 is 0 Å². The number of hydrogen-bond donors (Lipinski definition) is 2. The third kappa shape index (κ3) is 7.33. The van der Waals surface area contributed by atoms with E-state index in [0.717, 1.165) is 18.9 Å². The Kier molecular flexibility index (Phi) is 6.36. The summed E-state index contributed by atoms with van der Waals surface area (Å²) < 4.78 is 5.38. The number of aliphatic hydroxyl groups excluding tert-OH is 1. The Morgan fingerprint density at radius 1 is 1.40 bits per heavy atom. The van der Waals surface area contributed by atoms with Crippen LogP contribution in [-0.4, -0.2) is 37.4 Å². The number of carbonyl (C=O) groups is 1. The van der Waals surface area contributed by atoms with Crippen LogP contribution in [0, 0.1) is 5.92 Å². The summed E-state index contributed by atoms with van der Waals surface area (Å²) in [5.41, 5.74) is 0. The third-order valence-electron chi connectivity index (χ3n) is 2.43. The molecule has 1 rings (SSSR count). The highest BCUT2D eigenvalue weighted by Crippen LogP contribution is 2.28. The van der Waals surface area contributed by atoms with Gasteiger partial charge in [-0.05, 0) is 31.6 Å². The highest BCUT2D eigenvalue weighted by Gasteiger charge is 2.20. The molecule has 0 radical (unpaired) electrons. The molecule has 1 fully saturated rings. The molecule has 4 nitrogen and oxygen atoms in total. The van der Waals surface area contributed by atoms with Crippen molar-refractivity contribution in [1.82, 2.24) is 5.32 Å². The van der Waals surface area contributed by atoms with Crippen LogP contribution < -0.4 is 5.32 Å². The van der Waals surface area contributed by atoms with Gasteiger partial charge in [0.25, 0.3) is 0 Å². The van der Waals surface area contributed by atoms with Gasteiger partial charge in [0.1, 0.15) is 0 Å². The molecule has 1 saturated carbocycles. The lowest BCUT2D eigenvalue weighted by Gasteiger charge is -2.05. The second-order valence-electron chi connectivity index (χ2n) is 4.05. The minimum absolute atomic E-state index is 0.0541. The number of ether oxygens (including phenoxy) is 1. The quantitative estimate of drug-likeness (QED) is 0.556. The molecule has 0 saturated heterocycles. The molecule has 1 amide bonds. The number of amides is 1. The molecule has 0 aromatic rings. The van der Waals surface area contributed by atoms with E-state index in [0.29, 0.717) is 26.0 Å². The topological polar surface area (TPSA) is 58.6 Å². The molecular formula is C11H21NO3. The lowest BCUT2D eigenvalue weighted by atomic mass is 10.2. The van der Waals surface area contributed by atoms with Gasteiger partial charge in [0.15, 0.2) is 0 Å². The van der Waals surface area contributed by atoms with E-state index in [1.54, 1.807) is 0 Å². The molecule has 1 aliphatic carbocycles. The van der Waals surface area contributed by atoms with Crippen LogP contribution in [0.2, 0.25) is 0 Å². The summed E-state index contributed by atoms with van der Waals surface area (Å²) >= 11 is 0. The average molecular weight is 215 g/mol. The molecule has 2 N–H and O–H groups in total. The molecule has 1 aliphatic rings. The summed E-state index contributed by atoms with van der Waals surface area (Å²) in [7, 11) is 0. The van der Waals surface area contributed by atoms with E-state index >= 15 is 0 Å². The first kappa shape index (κ1) is 12.5. The van der Waals surface area contributed by atoms with Gasteiger partial charge in [-0.25, -0.2) is 0 Å². The predicted molar refractivity (Wildman–Crippen MR) is 57.5 cm³/mol. The number of carbonyl (C=O) groups excluding carboxylic acids is 1. The van der Waals surface area contributed by atoms with Crippen LogP contribution in [-0.2, 0) is 9.53 Å². The summed E-state index contributed by atoms with van der Waals surface area (Å²) in [4.78, 5) is 11.2. The van der Waals surface area contributed by atoms with Gasteiger partial charge in [-0.1, -0.05) is 0 Å². The van der Waals surface area contributed by atoms with Gasteiger partial charge < -0.3 is 15.2 Å². The number of hydrogen-bond acceptors (Lipinski definition) is 3. The fourth-order valence-electron chi connectivity index (χ4n) is 1.28. The lowest BCUT2D eigenvalue weighted by molar-refractivity contribution is -0.121. The van der Waals surface area contributed by atoms with Gasteiger partial charge in [-0.2, -0.15) is 0 Å². The van der Waals surface area contributed by atoms with E-state index in [1.807, 2.05) is 0 Å². The van der Waals surface area contributed by atoms with Crippen LogP contribution in [0.5, 0.6) is 0 Å². The Balaban J connectivity index is 1.78. The Hall–Kier alpha value is -0.610. The summed E-state index contributed by atoms with van der Waals surface area (Å²) in [6, 6.07) is 0. The van der Waals surface area contributed by atoms with Crippen molar-refractivity contribution in [1.29, 1.82) is 0 Å². The van der Waals surface area contributed by atoms with Crippen molar-refractivity contribution in [2.45, 2.75) is 32.1 Å². The molecule has 0 unspecified atom stereocenters. The molecule has 0 heterocycles. The van der Waals surface area contributed by atoms with Crippen molar-refractivity contribution in [3.63, 3.8) is 0 Å². The predicted octanol–water partition coefficient (Wildman–Crippen LogP) is 0.692. The van der Waals surface area contributed by atoms with E-state index in [4.69, 9.17) is 9.84 Å². The van der Waals surface area contributed by atoms with Crippen molar-refractivity contribution >= 4 is 5.91 Å². The molecule has 4 heteroatoms. The molecule has 0 aromatic carbocycles. The maximum absolute atomic E-state index is 11.2. The van der Waals surface area contributed by atoms with Gasteiger partial charge in [-0.3, -0.25) is 4.79 Å². The normalized spacial score (nSPS) is 15.3. The molecule has 0 aromatic heterocycles. The lowest BCUT2D eigenvalue weighted by Crippen LogP contribution is -2.27. The molecular weight excluding hydrogens is 194 g/mol. The van der Waals surface area contributed by atoms with Gasteiger partial charge in [0.2, 0.25) is 5.91 Å². The zero-order chi connectivity index (χ0) is 10.9. The van der Waals surface area contributed by atoms with E-state index < -0.39 is 0 Å². The fourth-order valence-corrected chi connectivity index (χ4v) is 1.28. The van der Waals surface area contributed by atoms with Crippen LogP contribution >= 0.6 is 0 Å². The van der Waals surface area contributed by atoms with Crippen molar-refractivity contribution in [2.24, 2.45) is 5.92 Å². The van der Waals surface area contributed by atoms with Crippen LogP contribution in [0.3, 0.4) is 0 Å². The second kappa shape index (κ2) is 7.65. The number of aliphatic hydroxyl groups is 1. The highest BCUT2D eigenvalue weighted by atomic mass is 16.5. The van der Waals surface area contributed by atoms with Crippen molar-refractivity contribution in [3.8, 4) is 0 Å². The zero-order valence-electron chi connectivity index (χ0n) is 9.21. The summed E-state index contributed by atoms with van der Waals surface area (Å²) in [6.07, 6.45) is 4.56. The Bertz CT molecular complexity index is 181. The fraction of sp³-hybridized carbons (Fsp3) is 0.909. The number of rotatable bonds is 9. The van der Waals surface area contributed by atoms with Gasteiger partial charge in [-0.15, -0.1) is 0 Å². The minimum atomic E-state index is 0.0541. The van der Waals surface area contributed by atoms with Crippen LogP contribution in [0.1, 0.15) is 32.1 Å². The van der Waals surface area contributed by atoms with Crippen LogP contribution in [0.4, 0.5) is 0 Å². The van der Waals surface area contributed by atoms with E-state index in [-0.39, 0.29) is 12.5 Å². The van der Waals surface area contributed by atoms with Crippen molar-refractivity contribution < 1.29 is 14.6 Å². The maximum atomic E-state index is 11.2. The molecule has 0 bridgehead atoms. The molecule has 0 spiro atoms. The Morgan fingerprint density at radius 2 is 2.20 bits per heavy atom. The largest absolute Gasteiger partial charge is 0.396 e. The smallest absolute Gasteiger partial charge is 0.220 e. The SMILES string of the molecule is O=C(CCCCO)NCCOCC1CC1. The van der Waals surface area contributed by atoms with E-state index in [2.05, 4.69) is 5.32 Å². The standard InChI is InChI=1S/C11H21NO3/c13-7-2-1-3-11(14)12-6-8-15-9-10-4-5-10/h10,13H,1-9H2,(H,12,14). The Morgan fingerprint density at radius 3 is 2.87 bits per heavy atom. The summed E-state index contributed by atoms with van der Waals surface area (Å²) in [5, 5.41) is 11.3. The zero-order valence-corrected chi connectivity index (χ0v) is 9.21. The van der Waals surface area contributed by atoms with Crippen LogP contribution in [0.25, 0.3) is 0 Å². The third-order valence-corrected chi connectivity index (χ3v) is 2.43. The van der Waals surface area contributed by atoms with E-state index in [1.165, 1.54) is 12.8 Å². The number of nitrogens with one attached hydrogen (secondary N) is 1. The first-order valence-electron chi connectivity index (χ1n) is 5.78. The van der Waals surface area contributed by atoms with Crippen molar-refractivity contribution in [2.75, 3.05) is 26.4 Å². The monoisotopic (exact) mass is 215 g/mol.